The number of hydrogen-bond acceptors (Lipinski definition) is 3. The van der Waals surface area contributed by atoms with Crippen LogP contribution in [-0.4, -0.2) is 22.2 Å². The van der Waals surface area contributed by atoms with E-state index in [0.717, 1.165) is 12.1 Å². The van der Waals surface area contributed by atoms with E-state index in [1.54, 1.807) is 0 Å². The summed E-state index contributed by atoms with van der Waals surface area (Å²) in [6.45, 7) is 10.8. The molecule has 2 heterocycles. The molecule has 0 bridgehead atoms. The normalized spacial score (nSPS) is 27.1. The van der Waals surface area contributed by atoms with Crippen LogP contribution in [-0.2, 0) is 4.74 Å². The molecule has 0 amide bonds. The summed E-state index contributed by atoms with van der Waals surface area (Å²) in [6.07, 6.45) is 2.87. The fraction of sp³-hybridized carbons (Fsp3) is 0.667. The quantitative estimate of drug-likeness (QED) is 0.892. The highest BCUT2D eigenvalue weighted by Crippen LogP contribution is 2.38. The number of nitrogens with one attached hydrogen (secondary N) is 1. The van der Waals surface area contributed by atoms with Crippen molar-refractivity contribution in [1.29, 1.82) is 0 Å². The number of ether oxygens (including phenoxy) is 1. The molecule has 2 atom stereocenters. The molecule has 1 aliphatic heterocycles. The van der Waals surface area contributed by atoms with E-state index in [-0.39, 0.29) is 17.2 Å². The van der Waals surface area contributed by atoms with Gasteiger partial charge in [-0.15, -0.1) is 0 Å². The smallest absolute Gasteiger partial charge is 0.0787 e. The Morgan fingerprint density at radius 2 is 2.06 bits per heavy atom. The maximum Gasteiger partial charge on any atom is 0.0787 e. The Morgan fingerprint density at radius 3 is 2.56 bits per heavy atom. The largest absolute Gasteiger partial charge is 0.368 e. The minimum atomic E-state index is -0.132. The topological polar surface area (TPSA) is 34.1 Å². The fourth-order valence-corrected chi connectivity index (χ4v) is 2.84. The molecule has 1 aliphatic rings. The zero-order chi connectivity index (χ0) is 13.4. The maximum atomic E-state index is 6.10. The molecule has 0 spiro atoms. The third-order valence-electron chi connectivity index (χ3n) is 3.66. The molecule has 1 aromatic rings. The lowest BCUT2D eigenvalue weighted by Crippen LogP contribution is -2.44. The van der Waals surface area contributed by atoms with Crippen molar-refractivity contribution in [1.82, 2.24) is 10.3 Å². The van der Waals surface area contributed by atoms with Gasteiger partial charge in [0.15, 0.2) is 0 Å². The first-order valence-corrected chi connectivity index (χ1v) is 6.67. The second kappa shape index (κ2) is 4.63. The summed E-state index contributed by atoms with van der Waals surface area (Å²) in [7, 11) is 0. The molecule has 0 aliphatic carbocycles. The van der Waals surface area contributed by atoms with Crippen molar-refractivity contribution in [2.75, 3.05) is 0 Å². The van der Waals surface area contributed by atoms with Crippen molar-refractivity contribution >= 4 is 0 Å². The molecule has 100 valence electrons. The Bertz CT molecular complexity index is 400. The van der Waals surface area contributed by atoms with Crippen LogP contribution in [0.1, 0.15) is 52.8 Å². The highest BCUT2D eigenvalue weighted by molar-refractivity contribution is 5.09. The van der Waals surface area contributed by atoms with Crippen molar-refractivity contribution in [3.05, 3.63) is 30.1 Å². The summed E-state index contributed by atoms with van der Waals surface area (Å²) >= 11 is 0. The Morgan fingerprint density at radius 1 is 1.33 bits per heavy atom. The Labute approximate surface area is 110 Å². The van der Waals surface area contributed by atoms with Gasteiger partial charge in [-0.2, -0.15) is 0 Å². The van der Waals surface area contributed by atoms with Crippen LogP contribution >= 0.6 is 0 Å². The monoisotopic (exact) mass is 248 g/mol. The van der Waals surface area contributed by atoms with Gasteiger partial charge in [0.05, 0.1) is 16.9 Å². The average Bonchev–Trinajstić information content (AvgIpc) is 2.48. The van der Waals surface area contributed by atoms with Gasteiger partial charge in [-0.25, -0.2) is 0 Å². The van der Waals surface area contributed by atoms with Gasteiger partial charge in [0.1, 0.15) is 0 Å². The molecule has 18 heavy (non-hydrogen) atoms. The van der Waals surface area contributed by atoms with Gasteiger partial charge in [-0.3, -0.25) is 4.98 Å². The number of hydrogen-bond donors (Lipinski definition) is 1. The first-order chi connectivity index (χ1) is 8.30. The molecule has 2 rings (SSSR count). The fourth-order valence-electron chi connectivity index (χ4n) is 2.84. The molecule has 1 aromatic heterocycles. The van der Waals surface area contributed by atoms with Crippen LogP contribution in [0, 0.1) is 0 Å². The third kappa shape index (κ3) is 2.90. The summed E-state index contributed by atoms with van der Waals surface area (Å²) in [4.78, 5) is 4.40. The third-order valence-corrected chi connectivity index (χ3v) is 3.66. The Balaban J connectivity index is 2.06. The Hall–Kier alpha value is -0.930. The molecule has 3 nitrogen and oxygen atoms in total. The van der Waals surface area contributed by atoms with Crippen molar-refractivity contribution in [3.8, 4) is 0 Å². The lowest BCUT2D eigenvalue weighted by atomic mass is 9.93. The molecule has 1 N–H and O–H groups in total. The van der Waals surface area contributed by atoms with Crippen LogP contribution in [0.4, 0.5) is 0 Å². The molecule has 1 saturated heterocycles. The van der Waals surface area contributed by atoms with Crippen molar-refractivity contribution < 1.29 is 4.74 Å². The summed E-state index contributed by atoms with van der Waals surface area (Å²) < 4.78 is 6.10. The molecule has 0 aromatic carbocycles. The lowest BCUT2D eigenvalue weighted by Gasteiger charge is -2.29. The minimum Gasteiger partial charge on any atom is -0.368 e. The summed E-state index contributed by atoms with van der Waals surface area (Å²) in [5, 5.41) is 3.65. The van der Waals surface area contributed by atoms with E-state index >= 15 is 0 Å². The highest BCUT2D eigenvalue weighted by atomic mass is 16.5. The van der Waals surface area contributed by atoms with Crippen molar-refractivity contribution in [2.24, 2.45) is 0 Å². The van der Waals surface area contributed by atoms with Crippen molar-refractivity contribution in [3.63, 3.8) is 0 Å². The van der Waals surface area contributed by atoms with Gasteiger partial charge in [-0.1, -0.05) is 6.07 Å². The summed E-state index contributed by atoms with van der Waals surface area (Å²) in [6, 6.07) is 6.63. The van der Waals surface area contributed by atoms with Gasteiger partial charge < -0.3 is 10.1 Å². The number of nitrogens with zero attached hydrogens (tertiary/aromatic N) is 1. The van der Waals surface area contributed by atoms with Crippen LogP contribution in [0.5, 0.6) is 0 Å². The first kappa shape index (κ1) is 13.5. The highest BCUT2D eigenvalue weighted by Gasteiger charge is 2.46. The van der Waals surface area contributed by atoms with E-state index in [1.165, 1.54) is 0 Å². The second-order valence-electron chi connectivity index (χ2n) is 6.36. The predicted octanol–water partition coefficient (Wildman–Crippen LogP) is 3.08. The predicted molar refractivity (Wildman–Crippen MR) is 73.4 cm³/mol. The Kier molecular flexibility index (Phi) is 3.47. The molecule has 1 fully saturated rings. The van der Waals surface area contributed by atoms with Crippen LogP contribution in [0.15, 0.2) is 24.4 Å². The van der Waals surface area contributed by atoms with E-state index < -0.39 is 0 Å². The maximum absolute atomic E-state index is 6.10. The van der Waals surface area contributed by atoms with Crippen LogP contribution in [0.2, 0.25) is 0 Å². The lowest BCUT2D eigenvalue weighted by molar-refractivity contribution is -0.0704. The average molecular weight is 248 g/mol. The first-order valence-electron chi connectivity index (χ1n) is 6.67. The standard InChI is InChI=1S/C15H24N2O/c1-11(12-8-6-7-9-16-12)17-13-10-14(2,3)18-15(13,4)5/h6-9,11,13,17H,10H2,1-5H3. The molecule has 3 heteroatoms. The number of pyridine rings is 1. The van der Waals surface area contributed by atoms with E-state index in [0.29, 0.717) is 6.04 Å². The molecule has 2 unspecified atom stereocenters. The van der Waals surface area contributed by atoms with Gasteiger partial charge >= 0.3 is 0 Å². The SMILES string of the molecule is CC(NC1CC(C)(C)OC1(C)C)c1ccccn1. The van der Waals surface area contributed by atoms with Crippen LogP contribution in [0.25, 0.3) is 0 Å². The van der Waals surface area contributed by atoms with Gasteiger partial charge in [0, 0.05) is 18.3 Å². The van der Waals surface area contributed by atoms with Crippen LogP contribution in [0.3, 0.4) is 0 Å². The summed E-state index contributed by atoms with van der Waals surface area (Å²) in [5.41, 5.74) is 0.898. The zero-order valence-corrected chi connectivity index (χ0v) is 12.0. The van der Waals surface area contributed by atoms with E-state index in [4.69, 9.17) is 4.74 Å². The molecular formula is C15H24N2O. The number of rotatable bonds is 3. The van der Waals surface area contributed by atoms with Gasteiger partial charge in [0.25, 0.3) is 0 Å². The zero-order valence-electron chi connectivity index (χ0n) is 12.0. The summed E-state index contributed by atoms with van der Waals surface area (Å²) in [5.74, 6) is 0. The van der Waals surface area contributed by atoms with E-state index in [1.807, 2.05) is 18.3 Å². The molecular weight excluding hydrogens is 224 g/mol. The van der Waals surface area contributed by atoms with Crippen molar-refractivity contribution in [2.45, 2.75) is 64.3 Å². The number of aromatic nitrogens is 1. The minimum absolute atomic E-state index is 0.0506. The van der Waals surface area contributed by atoms with E-state index in [9.17, 15) is 0 Å². The van der Waals surface area contributed by atoms with Gasteiger partial charge in [-0.05, 0) is 53.2 Å². The van der Waals surface area contributed by atoms with E-state index in [2.05, 4.69) is 51.0 Å². The second-order valence-corrected chi connectivity index (χ2v) is 6.36. The molecule has 0 radical (unpaired) electrons. The van der Waals surface area contributed by atoms with Gasteiger partial charge in [0.2, 0.25) is 0 Å². The molecule has 0 saturated carbocycles. The van der Waals surface area contributed by atoms with Crippen LogP contribution < -0.4 is 5.32 Å².